The minimum Gasteiger partial charge on any atom is -0.352 e. The third-order valence-corrected chi connectivity index (χ3v) is 6.57. The van der Waals surface area contributed by atoms with E-state index in [2.05, 4.69) is 10.3 Å². The molecule has 0 atom stereocenters. The normalized spacial score (nSPS) is 11.6. The van der Waals surface area contributed by atoms with E-state index < -0.39 is 15.9 Å². The van der Waals surface area contributed by atoms with Crippen molar-refractivity contribution in [3.63, 3.8) is 0 Å². The Morgan fingerprint density at radius 1 is 1.19 bits per heavy atom. The van der Waals surface area contributed by atoms with Crippen LogP contribution in [0.3, 0.4) is 0 Å². The monoisotopic (exact) mass is 409 g/mol. The quantitative estimate of drug-likeness (QED) is 0.726. The predicted octanol–water partition coefficient (Wildman–Crippen LogP) is 3.05. The van der Waals surface area contributed by atoms with E-state index >= 15 is 0 Å². The van der Waals surface area contributed by atoms with E-state index in [0.29, 0.717) is 26.1 Å². The molecule has 27 heavy (non-hydrogen) atoms. The lowest BCUT2D eigenvalue weighted by Gasteiger charge is -2.19. The van der Waals surface area contributed by atoms with Gasteiger partial charge in [0.1, 0.15) is 0 Å². The summed E-state index contributed by atoms with van der Waals surface area (Å²) < 4.78 is 26.6. The van der Waals surface area contributed by atoms with E-state index in [9.17, 15) is 13.2 Å². The van der Waals surface area contributed by atoms with Crippen LogP contribution < -0.4 is 5.32 Å². The first-order valence-electron chi connectivity index (χ1n) is 8.79. The third kappa shape index (κ3) is 5.28. The number of nitrogens with zero attached hydrogens (tertiary/aromatic N) is 2. The lowest BCUT2D eigenvalue weighted by Crippen LogP contribution is -2.31. The minimum atomic E-state index is -3.66. The number of pyridine rings is 1. The van der Waals surface area contributed by atoms with Gasteiger partial charge in [0, 0.05) is 31.5 Å². The van der Waals surface area contributed by atoms with E-state index in [1.165, 1.54) is 22.5 Å². The first kappa shape index (κ1) is 21.3. The number of aryl methyl sites for hydroxylation is 1. The zero-order chi connectivity index (χ0) is 20.0. The molecule has 0 bridgehead atoms. The summed E-state index contributed by atoms with van der Waals surface area (Å²) in [5.41, 5.74) is 2.08. The van der Waals surface area contributed by atoms with E-state index in [-0.39, 0.29) is 15.5 Å². The van der Waals surface area contributed by atoms with Crippen LogP contribution in [0.2, 0.25) is 5.02 Å². The van der Waals surface area contributed by atoms with E-state index in [1.807, 2.05) is 19.1 Å². The van der Waals surface area contributed by atoms with Crippen LogP contribution in [0.1, 0.15) is 35.5 Å². The molecule has 8 heteroatoms. The summed E-state index contributed by atoms with van der Waals surface area (Å²) in [7, 11) is -3.66. The number of sulfonamides is 1. The molecule has 0 aliphatic rings. The summed E-state index contributed by atoms with van der Waals surface area (Å²) in [5, 5.41) is 2.99. The van der Waals surface area contributed by atoms with E-state index in [1.54, 1.807) is 20.0 Å². The fourth-order valence-corrected chi connectivity index (χ4v) is 4.30. The highest BCUT2D eigenvalue weighted by atomic mass is 35.5. The molecule has 0 fully saturated rings. The van der Waals surface area contributed by atoms with Gasteiger partial charge in [0.2, 0.25) is 10.0 Å². The largest absolute Gasteiger partial charge is 0.352 e. The van der Waals surface area contributed by atoms with Crippen LogP contribution in [0.5, 0.6) is 0 Å². The number of carbonyl (C=O) groups is 1. The van der Waals surface area contributed by atoms with E-state index in [0.717, 1.165) is 11.3 Å². The number of benzene rings is 1. The van der Waals surface area contributed by atoms with Crippen LogP contribution in [-0.2, 0) is 16.4 Å². The molecule has 0 aliphatic heterocycles. The summed E-state index contributed by atoms with van der Waals surface area (Å²) >= 11 is 6.12. The molecule has 0 saturated heterocycles. The highest BCUT2D eigenvalue weighted by Gasteiger charge is 2.23. The number of carbonyl (C=O) groups excluding carboxylic acids is 1. The molecule has 6 nitrogen and oxygen atoms in total. The van der Waals surface area contributed by atoms with Crippen molar-refractivity contribution < 1.29 is 13.2 Å². The van der Waals surface area contributed by atoms with Crippen LogP contribution in [-0.4, -0.2) is 43.2 Å². The minimum absolute atomic E-state index is 0.0588. The lowest BCUT2D eigenvalue weighted by atomic mass is 10.2. The van der Waals surface area contributed by atoms with Crippen LogP contribution in [0.4, 0.5) is 0 Å². The number of amides is 1. The van der Waals surface area contributed by atoms with Gasteiger partial charge in [0.05, 0.1) is 15.5 Å². The Hall–Kier alpha value is -1.96. The molecular weight excluding hydrogens is 386 g/mol. The van der Waals surface area contributed by atoms with Crippen LogP contribution >= 0.6 is 11.6 Å². The predicted molar refractivity (Wildman–Crippen MR) is 107 cm³/mol. The number of rotatable bonds is 8. The van der Waals surface area contributed by atoms with Gasteiger partial charge in [-0.25, -0.2) is 8.42 Å². The highest BCUT2D eigenvalue weighted by molar-refractivity contribution is 7.89. The maximum atomic E-state index is 12.7. The molecule has 0 saturated carbocycles. The van der Waals surface area contributed by atoms with Crippen molar-refractivity contribution in [2.75, 3.05) is 19.6 Å². The number of hydrogen-bond acceptors (Lipinski definition) is 4. The Bertz CT molecular complexity index is 895. The number of nitrogens with one attached hydrogen (secondary N) is 1. The number of aromatic nitrogens is 1. The van der Waals surface area contributed by atoms with Gasteiger partial charge in [-0.05, 0) is 43.2 Å². The smallest absolute Gasteiger partial charge is 0.252 e. The van der Waals surface area contributed by atoms with Crippen molar-refractivity contribution in [1.82, 2.24) is 14.6 Å². The van der Waals surface area contributed by atoms with Crippen LogP contribution in [0.25, 0.3) is 0 Å². The molecule has 1 heterocycles. The summed E-state index contributed by atoms with van der Waals surface area (Å²) in [6.07, 6.45) is 2.39. The zero-order valence-electron chi connectivity index (χ0n) is 15.7. The zero-order valence-corrected chi connectivity index (χ0v) is 17.3. The maximum Gasteiger partial charge on any atom is 0.252 e. The average Bonchev–Trinajstić information content (AvgIpc) is 2.64. The Morgan fingerprint density at radius 2 is 1.89 bits per heavy atom. The lowest BCUT2D eigenvalue weighted by molar-refractivity contribution is 0.0954. The molecule has 0 spiro atoms. The topological polar surface area (TPSA) is 79.4 Å². The summed E-state index contributed by atoms with van der Waals surface area (Å²) in [6.45, 7) is 6.55. The fraction of sp³-hybridized carbons (Fsp3) is 0.368. The van der Waals surface area contributed by atoms with Crippen molar-refractivity contribution in [3.05, 3.63) is 58.4 Å². The van der Waals surface area contributed by atoms with Gasteiger partial charge >= 0.3 is 0 Å². The van der Waals surface area contributed by atoms with Gasteiger partial charge in [0.15, 0.2) is 0 Å². The van der Waals surface area contributed by atoms with Crippen molar-refractivity contribution in [3.8, 4) is 0 Å². The molecule has 1 aromatic heterocycles. The Kier molecular flexibility index (Phi) is 7.35. The SMILES string of the molecule is CCN(CC)S(=O)(=O)c1ccc(Cl)c(C(=O)NCCc2ccc(C)nc2)c1. The second-order valence-corrected chi connectivity index (χ2v) is 8.39. The highest BCUT2D eigenvalue weighted by Crippen LogP contribution is 2.23. The van der Waals surface area contributed by atoms with Gasteiger partial charge < -0.3 is 5.32 Å². The fourth-order valence-electron chi connectivity index (χ4n) is 2.61. The van der Waals surface area contributed by atoms with Gasteiger partial charge in [-0.1, -0.05) is 31.5 Å². The van der Waals surface area contributed by atoms with Crippen LogP contribution in [0.15, 0.2) is 41.4 Å². The molecule has 2 aromatic rings. The molecule has 1 amide bonds. The standard InChI is InChI=1S/C19H24ClN3O3S/c1-4-23(5-2)27(25,26)16-8-9-18(20)17(12-16)19(24)21-11-10-15-7-6-14(3)22-13-15/h6-9,12-13H,4-5,10-11H2,1-3H3,(H,21,24). The maximum absolute atomic E-state index is 12.7. The molecule has 146 valence electrons. The number of halogens is 1. The van der Waals surface area contributed by atoms with Crippen molar-refractivity contribution >= 4 is 27.5 Å². The first-order valence-corrected chi connectivity index (χ1v) is 10.6. The Morgan fingerprint density at radius 3 is 2.48 bits per heavy atom. The molecular formula is C19H24ClN3O3S. The molecule has 0 unspecified atom stereocenters. The van der Waals surface area contributed by atoms with Gasteiger partial charge in [-0.15, -0.1) is 0 Å². The van der Waals surface area contributed by atoms with Crippen molar-refractivity contribution in [1.29, 1.82) is 0 Å². The second-order valence-electron chi connectivity index (χ2n) is 6.04. The summed E-state index contributed by atoms with van der Waals surface area (Å²) in [4.78, 5) is 16.8. The Labute approximate surface area is 165 Å². The second kappa shape index (κ2) is 9.30. The molecule has 2 rings (SSSR count). The molecule has 1 aromatic carbocycles. The third-order valence-electron chi connectivity index (χ3n) is 4.20. The van der Waals surface area contributed by atoms with Crippen molar-refractivity contribution in [2.45, 2.75) is 32.1 Å². The molecule has 0 aliphatic carbocycles. The van der Waals surface area contributed by atoms with Gasteiger partial charge in [0.25, 0.3) is 5.91 Å². The number of hydrogen-bond donors (Lipinski definition) is 1. The molecule has 1 N–H and O–H groups in total. The van der Waals surface area contributed by atoms with E-state index in [4.69, 9.17) is 11.6 Å². The first-order chi connectivity index (χ1) is 12.8. The van der Waals surface area contributed by atoms with Gasteiger partial charge in [-0.3, -0.25) is 9.78 Å². The molecule has 0 radical (unpaired) electrons. The van der Waals surface area contributed by atoms with Gasteiger partial charge in [-0.2, -0.15) is 4.31 Å². The van der Waals surface area contributed by atoms with Crippen LogP contribution in [0, 0.1) is 6.92 Å². The summed E-state index contributed by atoms with van der Waals surface area (Å²) in [6, 6.07) is 8.06. The Balaban J connectivity index is 2.12. The average molecular weight is 410 g/mol. The summed E-state index contributed by atoms with van der Waals surface area (Å²) in [5.74, 6) is -0.406. The van der Waals surface area contributed by atoms with Crippen molar-refractivity contribution in [2.24, 2.45) is 0 Å².